The van der Waals surface area contributed by atoms with Crippen molar-refractivity contribution in [2.24, 2.45) is 0 Å². The second-order valence-electron chi connectivity index (χ2n) is 8.79. The molecule has 2 atom stereocenters. The summed E-state index contributed by atoms with van der Waals surface area (Å²) in [6.45, 7) is 4.82. The molecule has 188 valence electrons. The minimum Gasteiger partial charge on any atom is -0.390 e. The lowest BCUT2D eigenvalue weighted by molar-refractivity contribution is 0.0834. The Balaban J connectivity index is 1.91. The summed E-state index contributed by atoms with van der Waals surface area (Å²) in [4.78, 5) is 25.6. The minimum atomic E-state index is -0.985. The lowest BCUT2D eigenvalue weighted by Crippen LogP contribution is -2.48. The second-order valence-corrected chi connectivity index (χ2v) is 8.79. The van der Waals surface area contributed by atoms with Crippen LogP contribution in [0.15, 0.2) is 42.6 Å². The topological polar surface area (TPSA) is 83.4 Å². The van der Waals surface area contributed by atoms with Crippen LogP contribution in [-0.4, -0.2) is 47.1 Å². The predicted octanol–water partition coefficient (Wildman–Crippen LogP) is 4.23. The van der Waals surface area contributed by atoms with E-state index >= 15 is 0 Å². The first-order valence-corrected chi connectivity index (χ1v) is 12.0. The number of hydrogen-bond donors (Lipinski definition) is 3. The Morgan fingerprint density at radius 2 is 1.80 bits per heavy atom. The average Bonchev–Trinajstić information content (AvgIpc) is 3.19. The van der Waals surface area contributed by atoms with Gasteiger partial charge in [-0.2, -0.15) is 0 Å². The van der Waals surface area contributed by atoms with Crippen molar-refractivity contribution in [2.45, 2.75) is 58.2 Å². The van der Waals surface area contributed by atoms with Crippen molar-refractivity contribution in [3.63, 3.8) is 0 Å². The summed E-state index contributed by atoms with van der Waals surface area (Å²) in [5.41, 5.74) is 2.13. The number of hydrogen-bond acceptors (Lipinski definition) is 4. The summed E-state index contributed by atoms with van der Waals surface area (Å²) in [5.74, 6) is -1.82. The molecule has 2 aromatic carbocycles. The van der Waals surface area contributed by atoms with Crippen LogP contribution >= 0.6 is 0 Å². The Hall–Kier alpha value is -3.10. The molecule has 3 aromatic rings. The van der Waals surface area contributed by atoms with Crippen molar-refractivity contribution in [3.8, 4) is 0 Å². The van der Waals surface area contributed by atoms with E-state index in [0.717, 1.165) is 36.4 Å². The molecule has 0 fully saturated rings. The summed E-state index contributed by atoms with van der Waals surface area (Å²) in [6.07, 6.45) is 3.23. The molecule has 0 bridgehead atoms. The number of ketones is 1. The van der Waals surface area contributed by atoms with Gasteiger partial charge in [0.15, 0.2) is 5.78 Å². The fraction of sp³-hybridized carbons (Fsp3) is 0.407. The molecule has 0 aliphatic carbocycles. The van der Waals surface area contributed by atoms with Gasteiger partial charge in [-0.05, 0) is 49.7 Å². The molecule has 0 saturated carbocycles. The molecule has 1 heterocycles. The number of unbranched alkanes of at least 4 members (excludes halogenated alkanes) is 1. The van der Waals surface area contributed by atoms with Gasteiger partial charge in [0.25, 0.3) is 5.91 Å². The number of carbonyl (C=O) groups is 2. The van der Waals surface area contributed by atoms with Gasteiger partial charge in [0, 0.05) is 53.8 Å². The molecule has 1 amide bonds. The van der Waals surface area contributed by atoms with E-state index in [9.17, 15) is 23.5 Å². The van der Waals surface area contributed by atoms with Gasteiger partial charge < -0.3 is 20.3 Å². The maximum absolute atomic E-state index is 13.7. The first-order valence-electron chi connectivity index (χ1n) is 12.0. The number of nitrogens with zero attached hydrogens (tertiary/aromatic N) is 1. The summed E-state index contributed by atoms with van der Waals surface area (Å²) >= 11 is 0. The van der Waals surface area contributed by atoms with Crippen LogP contribution in [0.1, 0.15) is 59.4 Å². The molecule has 0 unspecified atom stereocenters. The van der Waals surface area contributed by atoms with Gasteiger partial charge in [-0.3, -0.25) is 9.59 Å². The van der Waals surface area contributed by atoms with E-state index in [1.807, 2.05) is 17.7 Å². The molecular weight excluding hydrogens is 452 g/mol. The number of rotatable bonds is 12. The summed E-state index contributed by atoms with van der Waals surface area (Å²) in [6, 6.07) is 7.54. The third-order valence-corrected chi connectivity index (χ3v) is 6.09. The van der Waals surface area contributed by atoms with Crippen LogP contribution in [0, 0.1) is 11.6 Å². The van der Waals surface area contributed by atoms with Crippen LogP contribution in [0.25, 0.3) is 10.9 Å². The number of aryl methyl sites for hydroxylation is 1. The summed E-state index contributed by atoms with van der Waals surface area (Å²) in [7, 11) is 1.66. The van der Waals surface area contributed by atoms with E-state index in [2.05, 4.69) is 17.6 Å². The Labute approximate surface area is 204 Å². The summed E-state index contributed by atoms with van der Waals surface area (Å²) in [5, 5.41) is 17.1. The van der Waals surface area contributed by atoms with Crippen molar-refractivity contribution in [1.29, 1.82) is 0 Å². The average molecular weight is 486 g/mol. The van der Waals surface area contributed by atoms with E-state index in [1.165, 1.54) is 12.1 Å². The standard InChI is InChI=1S/C27H33F2N3O3/c1-4-6-9-32-16-22(25(33)5-2)21-8-7-18(13-24(21)32)27(35)31-23(26(34)15-30-3)12-17-10-19(28)14-20(29)11-17/h7-8,10-11,13-14,16,23,26,30,34H,4-6,9,12,15H2,1-3H3,(H,31,35)/t23-,26+/m0/s1. The van der Waals surface area contributed by atoms with Crippen LogP contribution in [0.2, 0.25) is 0 Å². The van der Waals surface area contributed by atoms with Gasteiger partial charge >= 0.3 is 0 Å². The van der Waals surface area contributed by atoms with Crippen molar-refractivity contribution in [1.82, 2.24) is 15.2 Å². The number of aliphatic hydroxyl groups excluding tert-OH is 1. The fourth-order valence-electron chi connectivity index (χ4n) is 4.23. The van der Waals surface area contributed by atoms with Gasteiger partial charge in [0.2, 0.25) is 0 Å². The third kappa shape index (κ3) is 6.52. The Kier molecular flexibility index (Phi) is 9.12. The van der Waals surface area contributed by atoms with Crippen molar-refractivity contribution in [2.75, 3.05) is 13.6 Å². The molecular formula is C27H33F2N3O3. The third-order valence-electron chi connectivity index (χ3n) is 6.09. The smallest absolute Gasteiger partial charge is 0.251 e. The highest BCUT2D eigenvalue weighted by atomic mass is 19.1. The molecule has 1 aromatic heterocycles. The zero-order chi connectivity index (χ0) is 25.5. The number of fused-ring (bicyclic) bond motifs is 1. The first-order chi connectivity index (χ1) is 16.8. The number of amides is 1. The largest absolute Gasteiger partial charge is 0.390 e. The van der Waals surface area contributed by atoms with Gasteiger partial charge in [0.1, 0.15) is 11.6 Å². The van der Waals surface area contributed by atoms with Gasteiger partial charge in [-0.1, -0.05) is 26.3 Å². The predicted molar refractivity (Wildman–Crippen MR) is 133 cm³/mol. The van der Waals surface area contributed by atoms with Gasteiger partial charge in [0.05, 0.1) is 12.1 Å². The van der Waals surface area contributed by atoms with Gasteiger partial charge in [-0.25, -0.2) is 8.78 Å². The quantitative estimate of drug-likeness (QED) is 0.335. The fourth-order valence-corrected chi connectivity index (χ4v) is 4.23. The highest BCUT2D eigenvalue weighted by Crippen LogP contribution is 2.25. The molecule has 0 spiro atoms. The molecule has 0 radical (unpaired) electrons. The maximum Gasteiger partial charge on any atom is 0.251 e. The second kappa shape index (κ2) is 12.0. The van der Waals surface area contributed by atoms with Crippen LogP contribution in [-0.2, 0) is 13.0 Å². The van der Waals surface area contributed by atoms with Crippen LogP contribution in [0.3, 0.4) is 0 Å². The molecule has 0 aliphatic rings. The Morgan fingerprint density at radius 1 is 1.09 bits per heavy atom. The van der Waals surface area contributed by atoms with Crippen LogP contribution in [0.5, 0.6) is 0 Å². The maximum atomic E-state index is 13.7. The monoisotopic (exact) mass is 485 g/mol. The molecule has 0 saturated heterocycles. The zero-order valence-electron chi connectivity index (χ0n) is 20.4. The summed E-state index contributed by atoms with van der Waals surface area (Å²) < 4.78 is 29.4. The Bertz CT molecular complexity index is 1170. The molecule has 35 heavy (non-hydrogen) atoms. The first kappa shape index (κ1) is 26.5. The van der Waals surface area contributed by atoms with Gasteiger partial charge in [-0.15, -0.1) is 0 Å². The minimum absolute atomic E-state index is 0.0417. The number of nitrogens with one attached hydrogen (secondary N) is 2. The lowest BCUT2D eigenvalue weighted by atomic mass is 10.00. The van der Waals surface area contributed by atoms with Crippen molar-refractivity contribution >= 4 is 22.6 Å². The number of benzene rings is 2. The normalized spacial score (nSPS) is 13.1. The molecule has 3 N–H and O–H groups in total. The van der Waals surface area contributed by atoms with E-state index in [-0.39, 0.29) is 18.7 Å². The van der Waals surface area contributed by atoms with Crippen LogP contribution in [0.4, 0.5) is 8.78 Å². The SMILES string of the molecule is CCCCn1cc(C(=O)CC)c2ccc(C(=O)N[C@@H](Cc3cc(F)cc(F)c3)[C@H](O)CNC)cc21. The number of aliphatic hydroxyl groups is 1. The van der Waals surface area contributed by atoms with Crippen molar-refractivity contribution < 1.29 is 23.5 Å². The zero-order valence-corrected chi connectivity index (χ0v) is 20.4. The lowest BCUT2D eigenvalue weighted by Gasteiger charge is -2.24. The number of aromatic nitrogens is 1. The molecule has 8 heteroatoms. The highest BCUT2D eigenvalue weighted by molar-refractivity contribution is 6.09. The van der Waals surface area contributed by atoms with E-state index < -0.39 is 29.7 Å². The van der Waals surface area contributed by atoms with E-state index in [0.29, 0.717) is 23.1 Å². The number of carbonyl (C=O) groups excluding carboxylic acids is 2. The Morgan fingerprint density at radius 3 is 2.43 bits per heavy atom. The highest BCUT2D eigenvalue weighted by Gasteiger charge is 2.23. The molecule has 6 nitrogen and oxygen atoms in total. The van der Waals surface area contributed by atoms with E-state index in [1.54, 1.807) is 25.2 Å². The molecule has 0 aliphatic heterocycles. The molecule has 3 rings (SSSR count). The van der Waals surface area contributed by atoms with Crippen LogP contribution < -0.4 is 10.6 Å². The number of halogens is 2. The van der Waals surface area contributed by atoms with E-state index in [4.69, 9.17) is 0 Å². The van der Waals surface area contributed by atoms with Crippen molar-refractivity contribution in [3.05, 3.63) is 70.9 Å². The number of Topliss-reactive ketones (excluding diaryl/α,β-unsaturated/α-hetero) is 1. The number of likely N-dealkylation sites (N-methyl/N-ethyl adjacent to an activating group) is 1.